The maximum absolute atomic E-state index is 10.9. The van der Waals surface area contributed by atoms with Gasteiger partial charge in [-0.15, -0.1) is 11.8 Å². The molecule has 0 radical (unpaired) electrons. The predicted molar refractivity (Wildman–Crippen MR) is 57.0 cm³/mol. The maximum Gasteiger partial charge on any atom is 0.235 e. The van der Waals surface area contributed by atoms with Gasteiger partial charge in [0.15, 0.2) is 0 Å². The van der Waals surface area contributed by atoms with E-state index in [1.165, 1.54) is 11.8 Å². The quantitative estimate of drug-likeness (QED) is 0.685. The second kappa shape index (κ2) is 5.62. The average molecular weight is 211 g/mol. The summed E-state index contributed by atoms with van der Waals surface area (Å²) in [6, 6.07) is 5.36. The number of primary amides is 1. The highest BCUT2D eigenvalue weighted by atomic mass is 32.2. The Labute approximate surface area is 87.3 Å². The molecule has 1 aromatic rings. The lowest BCUT2D eigenvalue weighted by molar-refractivity contribution is -0.119. The molecule has 76 valence electrons. The van der Waals surface area contributed by atoms with Crippen LogP contribution in [0.25, 0.3) is 0 Å². The number of pyridine rings is 1. The molecule has 0 spiro atoms. The third-order valence-electron chi connectivity index (χ3n) is 1.73. The van der Waals surface area contributed by atoms with Crippen LogP contribution in [-0.4, -0.2) is 29.7 Å². The van der Waals surface area contributed by atoms with E-state index in [2.05, 4.69) is 10.3 Å². The topological polar surface area (TPSA) is 68.0 Å². The number of nitrogens with two attached hydrogens (primary N) is 1. The maximum atomic E-state index is 10.9. The molecule has 0 aromatic carbocycles. The number of hydrogen-bond donors (Lipinski definition) is 2. The van der Waals surface area contributed by atoms with Gasteiger partial charge in [0.25, 0.3) is 0 Å². The van der Waals surface area contributed by atoms with Crippen molar-refractivity contribution >= 4 is 17.7 Å². The number of carbonyl (C=O) groups is 1. The van der Waals surface area contributed by atoms with Crippen molar-refractivity contribution < 1.29 is 4.79 Å². The zero-order valence-corrected chi connectivity index (χ0v) is 8.75. The standard InChI is InChI=1S/C9H13N3OS/c1-11-7(9(10)13)6-14-8-4-2-3-5-12-8/h2-5,7,11H,6H2,1H3,(H2,10,13). The second-order valence-electron chi connectivity index (χ2n) is 2.72. The van der Waals surface area contributed by atoms with Crippen molar-refractivity contribution in [1.29, 1.82) is 0 Å². The van der Waals surface area contributed by atoms with Gasteiger partial charge < -0.3 is 11.1 Å². The van der Waals surface area contributed by atoms with Gasteiger partial charge in [0.05, 0.1) is 11.1 Å². The molecule has 0 fully saturated rings. The molecule has 1 heterocycles. The Morgan fingerprint density at radius 2 is 2.50 bits per heavy atom. The van der Waals surface area contributed by atoms with E-state index in [9.17, 15) is 4.79 Å². The molecule has 14 heavy (non-hydrogen) atoms. The van der Waals surface area contributed by atoms with E-state index in [1.807, 2.05) is 18.2 Å². The molecule has 3 N–H and O–H groups in total. The van der Waals surface area contributed by atoms with Crippen LogP contribution >= 0.6 is 11.8 Å². The van der Waals surface area contributed by atoms with Gasteiger partial charge in [-0.1, -0.05) is 6.07 Å². The number of hydrogen-bond acceptors (Lipinski definition) is 4. The molecular weight excluding hydrogens is 198 g/mol. The highest BCUT2D eigenvalue weighted by Gasteiger charge is 2.12. The number of carbonyl (C=O) groups excluding carboxylic acids is 1. The number of aromatic nitrogens is 1. The zero-order chi connectivity index (χ0) is 10.4. The summed E-state index contributed by atoms with van der Waals surface area (Å²) in [6.45, 7) is 0. The summed E-state index contributed by atoms with van der Waals surface area (Å²) in [7, 11) is 1.72. The van der Waals surface area contributed by atoms with E-state index in [0.29, 0.717) is 5.75 Å². The SMILES string of the molecule is CNC(CSc1ccccn1)C(N)=O. The molecule has 5 heteroatoms. The molecule has 0 aliphatic rings. The monoisotopic (exact) mass is 211 g/mol. The Hall–Kier alpha value is -1.07. The fourth-order valence-electron chi connectivity index (χ4n) is 0.909. The normalized spacial score (nSPS) is 12.4. The minimum Gasteiger partial charge on any atom is -0.368 e. The summed E-state index contributed by atoms with van der Waals surface area (Å²) in [4.78, 5) is 15.0. The van der Waals surface area contributed by atoms with E-state index < -0.39 is 0 Å². The number of nitrogens with one attached hydrogen (secondary N) is 1. The van der Waals surface area contributed by atoms with Gasteiger partial charge in [0, 0.05) is 11.9 Å². The van der Waals surface area contributed by atoms with Crippen molar-refractivity contribution in [3.8, 4) is 0 Å². The van der Waals surface area contributed by atoms with Crippen LogP contribution in [0, 0.1) is 0 Å². The summed E-state index contributed by atoms with van der Waals surface area (Å²) >= 11 is 1.51. The van der Waals surface area contributed by atoms with Crippen LogP contribution in [0.3, 0.4) is 0 Å². The van der Waals surface area contributed by atoms with Crippen molar-refractivity contribution in [3.05, 3.63) is 24.4 Å². The first-order valence-corrected chi connectivity index (χ1v) is 5.23. The summed E-state index contributed by atoms with van der Waals surface area (Å²) < 4.78 is 0. The highest BCUT2D eigenvalue weighted by Crippen LogP contribution is 2.14. The molecule has 0 bridgehead atoms. The molecule has 0 aliphatic heterocycles. The third-order valence-corrected chi connectivity index (χ3v) is 2.76. The Balaban J connectivity index is 2.44. The first kappa shape index (κ1) is 11.0. The molecule has 4 nitrogen and oxygen atoms in total. The lowest BCUT2D eigenvalue weighted by Gasteiger charge is -2.10. The molecular formula is C9H13N3OS. The predicted octanol–water partition coefficient (Wildman–Crippen LogP) is 0.247. The van der Waals surface area contributed by atoms with E-state index in [-0.39, 0.29) is 11.9 Å². The lowest BCUT2D eigenvalue weighted by Crippen LogP contribution is -2.41. The Morgan fingerprint density at radius 3 is 3.00 bits per heavy atom. The van der Waals surface area contributed by atoms with E-state index in [4.69, 9.17) is 5.73 Å². The Morgan fingerprint density at radius 1 is 1.71 bits per heavy atom. The van der Waals surface area contributed by atoms with Crippen LogP contribution in [-0.2, 0) is 4.79 Å². The number of nitrogens with zero attached hydrogens (tertiary/aromatic N) is 1. The van der Waals surface area contributed by atoms with Gasteiger partial charge in [0.1, 0.15) is 0 Å². The number of amides is 1. The molecule has 1 rings (SSSR count). The van der Waals surface area contributed by atoms with Gasteiger partial charge in [-0.3, -0.25) is 4.79 Å². The molecule has 0 saturated carbocycles. The molecule has 1 atom stereocenters. The van der Waals surface area contributed by atoms with Crippen LogP contribution in [0.4, 0.5) is 0 Å². The van der Waals surface area contributed by atoms with Crippen molar-refractivity contribution in [3.63, 3.8) is 0 Å². The summed E-state index contributed by atoms with van der Waals surface area (Å²) in [5.74, 6) is 0.263. The molecule has 0 aliphatic carbocycles. The minimum atomic E-state index is -0.337. The van der Waals surface area contributed by atoms with Gasteiger partial charge in [-0.2, -0.15) is 0 Å². The van der Waals surface area contributed by atoms with Crippen LogP contribution in [0.2, 0.25) is 0 Å². The summed E-state index contributed by atoms with van der Waals surface area (Å²) in [5.41, 5.74) is 5.18. The van der Waals surface area contributed by atoms with Gasteiger partial charge in [0.2, 0.25) is 5.91 Å². The molecule has 1 amide bonds. The van der Waals surface area contributed by atoms with Gasteiger partial charge >= 0.3 is 0 Å². The van der Waals surface area contributed by atoms with E-state index >= 15 is 0 Å². The average Bonchev–Trinajstić information content (AvgIpc) is 2.20. The Kier molecular flexibility index (Phi) is 4.42. The van der Waals surface area contributed by atoms with Gasteiger partial charge in [-0.25, -0.2) is 4.98 Å². The van der Waals surface area contributed by atoms with Crippen molar-refractivity contribution in [1.82, 2.24) is 10.3 Å². The van der Waals surface area contributed by atoms with Crippen molar-refractivity contribution in [2.45, 2.75) is 11.1 Å². The largest absolute Gasteiger partial charge is 0.368 e. The van der Waals surface area contributed by atoms with Crippen LogP contribution < -0.4 is 11.1 Å². The number of likely N-dealkylation sites (N-methyl/N-ethyl adjacent to an activating group) is 1. The first-order chi connectivity index (χ1) is 6.74. The third kappa shape index (κ3) is 3.35. The van der Waals surface area contributed by atoms with E-state index in [0.717, 1.165) is 5.03 Å². The number of thioether (sulfide) groups is 1. The lowest BCUT2D eigenvalue weighted by atomic mass is 10.3. The second-order valence-corrected chi connectivity index (χ2v) is 3.76. The number of rotatable bonds is 5. The van der Waals surface area contributed by atoms with Crippen LogP contribution in [0.15, 0.2) is 29.4 Å². The first-order valence-electron chi connectivity index (χ1n) is 4.24. The fourth-order valence-corrected chi connectivity index (χ4v) is 1.89. The van der Waals surface area contributed by atoms with E-state index in [1.54, 1.807) is 13.2 Å². The Bertz CT molecular complexity index is 291. The van der Waals surface area contributed by atoms with Crippen molar-refractivity contribution in [2.24, 2.45) is 5.73 Å². The molecule has 0 saturated heterocycles. The highest BCUT2D eigenvalue weighted by molar-refractivity contribution is 7.99. The minimum absolute atomic E-state index is 0.304. The summed E-state index contributed by atoms with van der Waals surface area (Å²) in [6.07, 6.45) is 1.72. The van der Waals surface area contributed by atoms with Gasteiger partial charge in [-0.05, 0) is 19.2 Å². The van der Waals surface area contributed by atoms with Crippen LogP contribution in [0.1, 0.15) is 0 Å². The fraction of sp³-hybridized carbons (Fsp3) is 0.333. The molecule has 1 unspecified atom stereocenters. The molecule has 1 aromatic heterocycles. The summed E-state index contributed by atoms with van der Waals surface area (Å²) in [5, 5.41) is 3.75. The zero-order valence-electron chi connectivity index (χ0n) is 7.93. The smallest absolute Gasteiger partial charge is 0.235 e. The van der Waals surface area contributed by atoms with Crippen LogP contribution in [0.5, 0.6) is 0 Å². The van der Waals surface area contributed by atoms with Crippen molar-refractivity contribution in [2.75, 3.05) is 12.8 Å².